The van der Waals surface area contributed by atoms with E-state index in [-0.39, 0.29) is 17.6 Å². The van der Waals surface area contributed by atoms with Gasteiger partial charge in [-0.05, 0) is 13.8 Å². The Morgan fingerprint density at radius 3 is 2.38 bits per heavy atom. The SMILES string of the molecule is CC(C)NS(=O)(=O)N(C)CC(N)=S. The predicted molar refractivity (Wildman–Crippen MR) is 56.6 cm³/mol. The molecule has 13 heavy (non-hydrogen) atoms. The molecule has 3 N–H and O–H groups in total. The summed E-state index contributed by atoms with van der Waals surface area (Å²) in [6.45, 7) is 3.54. The fourth-order valence-corrected chi connectivity index (χ4v) is 2.05. The van der Waals surface area contributed by atoms with Gasteiger partial charge in [0.1, 0.15) is 0 Å². The molecule has 0 aliphatic carbocycles. The molecule has 0 bridgehead atoms. The van der Waals surface area contributed by atoms with Gasteiger partial charge in [-0.2, -0.15) is 17.4 Å². The maximum Gasteiger partial charge on any atom is 0.279 e. The van der Waals surface area contributed by atoms with E-state index in [1.807, 2.05) is 0 Å². The molecule has 0 amide bonds. The van der Waals surface area contributed by atoms with E-state index in [0.29, 0.717) is 0 Å². The van der Waals surface area contributed by atoms with Crippen LogP contribution in [-0.4, -0.2) is 37.3 Å². The molecule has 0 aromatic rings. The summed E-state index contributed by atoms with van der Waals surface area (Å²) in [6, 6.07) is -0.140. The first-order valence-corrected chi connectivity index (χ1v) is 5.62. The van der Waals surface area contributed by atoms with E-state index in [0.717, 1.165) is 4.31 Å². The van der Waals surface area contributed by atoms with Crippen molar-refractivity contribution in [3.05, 3.63) is 0 Å². The van der Waals surface area contributed by atoms with Crippen LogP contribution < -0.4 is 10.5 Å². The normalized spacial score (nSPS) is 12.4. The average Bonchev–Trinajstić information content (AvgIpc) is 1.81. The van der Waals surface area contributed by atoms with E-state index in [9.17, 15) is 8.42 Å². The summed E-state index contributed by atoms with van der Waals surface area (Å²) >= 11 is 4.60. The lowest BCUT2D eigenvalue weighted by atomic mass is 10.4. The Labute approximate surface area is 84.5 Å². The van der Waals surface area contributed by atoms with E-state index in [4.69, 9.17) is 5.73 Å². The van der Waals surface area contributed by atoms with Crippen molar-refractivity contribution in [3.63, 3.8) is 0 Å². The Kier molecular flexibility index (Phi) is 4.76. The van der Waals surface area contributed by atoms with Crippen LogP contribution in [0.4, 0.5) is 0 Å². The van der Waals surface area contributed by atoms with Crippen molar-refractivity contribution < 1.29 is 8.42 Å². The van der Waals surface area contributed by atoms with Gasteiger partial charge in [-0.1, -0.05) is 12.2 Å². The Morgan fingerprint density at radius 1 is 1.62 bits per heavy atom. The third kappa shape index (κ3) is 5.14. The maximum absolute atomic E-state index is 11.4. The van der Waals surface area contributed by atoms with Gasteiger partial charge in [-0.25, -0.2) is 0 Å². The molecule has 0 aliphatic rings. The lowest BCUT2D eigenvalue weighted by Gasteiger charge is -2.18. The molecule has 0 aliphatic heterocycles. The molecule has 0 rings (SSSR count). The van der Waals surface area contributed by atoms with Crippen LogP contribution in [0.2, 0.25) is 0 Å². The van der Waals surface area contributed by atoms with Gasteiger partial charge in [0.25, 0.3) is 10.2 Å². The van der Waals surface area contributed by atoms with Gasteiger partial charge in [-0.15, -0.1) is 0 Å². The van der Waals surface area contributed by atoms with Gasteiger partial charge in [0.15, 0.2) is 0 Å². The molecule has 0 saturated carbocycles. The minimum absolute atomic E-state index is 0.0530. The summed E-state index contributed by atoms with van der Waals surface area (Å²) in [6.07, 6.45) is 0. The second kappa shape index (κ2) is 4.85. The summed E-state index contributed by atoms with van der Waals surface area (Å²) in [7, 11) is -2.02. The predicted octanol–water partition coefficient (Wildman–Crippen LogP) is -0.553. The molecule has 78 valence electrons. The molecule has 0 saturated heterocycles. The Bertz CT molecular complexity index is 274. The van der Waals surface area contributed by atoms with Crippen LogP contribution in [0.3, 0.4) is 0 Å². The van der Waals surface area contributed by atoms with Crippen LogP contribution in [0.25, 0.3) is 0 Å². The van der Waals surface area contributed by atoms with Gasteiger partial charge in [-0.3, -0.25) is 0 Å². The van der Waals surface area contributed by atoms with E-state index in [1.54, 1.807) is 13.8 Å². The van der Waals surface area contributed by atoms with Gasteiger partial charge < -0.3 is 5.73 Å². The van der Waals surface area contributed by atoms with Crippen molar-refractivity contribution in [1.82, 2.24) is 9.03 Å². The quantitative estimate of drug-likeness (QED) is 0.615. The summed E-state index contributed by atoms with van der Waals surface area (Å²) in [5, 5.41) is 0. The maximum atomic E-state index is 11.4. The van der Waals surface area contributed by atoms with Crippen molar-refractivity contribution in [2.24, 2.45) is 5.73 Å². The molecule has 0 unspecified atom stereocenters. The largest absolute Gasteiger partial charge is 0.392 e. The number of hydrogen-bond donors (Lipinski definition) is 2. The summed E-state index contributed by atoms with van der Waals surface area (Å²) in [5.74, 6) is 0. The van der Waals surface area contributed by atoms with Crippen molar-refractivity contribution in [2.75, 3.05) is 13.6 Å². The molecular formula is C6H15N3O2S2. The third-order valence-electron chi connectivity index (χ3n) is 1.17. The number of hydrogen-bond acceptors (Lipinski definition) is 3. The van der Waals surface area contributed by atoms with Gasteiger partial charge in [0, 0.05) is 13.1 Å². The molecule has 0 atom stereocenters. The lowest BCUT2D eigenvalue weighted by molar-refractivity contribution is 0.484. The number of nitrogens with two attached hydrogens (primary N) is 1. The number of nitrogens with one attached hydrogen (secondary N) is 1. The highest BCUT2D eigenvalue weighted by Crippen LogP contribution is 1.94. The second-order valence-corrected chi connectivity index (χ2v) is 5.33. The number of thiocarbonyl (C=S) groups is 1. The molecular weight excluding hydrogens is 210 g/mol. The molecule has 7 heteroatoms. The molecule has 0 aromatic carbocycles. The highest BCUT2D eigenvalue weighted by Gasteiger charge is 2.18. The van der Waals surface area contributed by atoms with Crippen molar-refractivity contribution >= 4 is 27.4 Å². The number of rotatable bonds is 5. The van der Waals surface area contributed by atoms with Crippen LogP contribution in [0.15, 0.2) is 0 Å². The monoisotopic (exact) mass is 225 g/mol. The fourth-order valence-electron chi connectivity index (χ4n) is 0.692. The minimum atomic E-state index is -3.44. The Hall–Kier alpha value is -0.240. The molecule has 0 aromatic heterocycles. The van der Waals surface area contributed by atoms with Crippen LogP contribution in [0.1, 0.15) is 13.8 Å². The summed E-state index contributed by atoms with van der Waals surface area (Å²) in [4.78, 5) is 0.150. The van der Waals surface area contributed by atoms with Gasteiger partial charge in [0.2, 0.25) is 0 Å². The molecule has 0 fully saturated rings. The highest BCUT2D eigenvalue weighted by atomic mass is 32.2. The zero-order chi connectivity index (χ0) is 10.6. The summed E-state index contributed by atoms with van der Waals surface area (Å²) in [5.41, 5.74) is 5.22. The minimum Gasteiger partial charge on any atom is -0.392 e. The van der Waals surface area contributed by atoms with Crippen molar-refractivity contribution in [1.29, 1.82) is 0 Å². The second-order valence-electron chi connectivity index (χ2n) is 3.00. The molecule has 5 nitrogen and oxygen atoms in total. The first-order chi connectivity index (χ1) is 5.75. The summed E-state index contributed by atoms with van der Waals surface area (Å²) < 4.78 is 26.2. The Balaban J connectivity index is 4.37. The number of nitrogens with zero attached hydrogens (tertiary/aromatic N) is 1. The standard InChI is InChI=1S/C6H15N3O2S2/c1-5(2)8-13(10,11)9(3)4-6(7)12/h5,8H,4H2,1-3H3,(H2,7,12). The fraction of sp³-hybridized carbons (Fsp3) is 0.833. The van der Waals surface area contributed by atoms with Crippen molar-refractivity contribution in [3.8, 4) is 0 Å². The van der Waals surface area contributed by atoms with E-state index >= 15 is 0 Å². The Morgan fingerprint density at radius 2 is 2.08 bits per heavy atom. The highest BCUT2D eigenvalue weighted by molar-refractivity contribution is 7.87. The molecule has 0 heterocycles. The average molecular weight is 225 g/mol. The van der Waals surface area contributed by atoms with E-state index in [1.165, 1.54) is 7.05 Å². The zero-order valence-electron chi connectivity index (χ0n) is 7.94. The third-order valence-corrected chi connectivity index (χ3v) is 3.02. The van der Waals surface area contributed by atoms with Gasteiger partial charge >= 0.3 is 0 Å². The first kappa shape index (κ1) is 12.8. The van der Waals surface area contributed by atoms with E-state index in [2.05, 4.69) is 16.9 Å². The van der Waals surface area contributed by atoms with Crippen LogP contribution >= 0.6 is 12.2 Å². The molecule has 0 radical (unpaired) electrons. The number of likely N-dealkylation sites (N-methyl/N-ethyl adjacent to an activating group) is 1. The van der Waals surface area contributed by atoms with E-state index < -0.39 is 10.2 Å². The van der Waals surface area contributed by atoms with Crippen LogP contribution in [0.5, 0.6) is 0 Å². The smallest absolute Gasteiger partial charge is 0.279 e. The van der Waals surface area contributed by atoms with Crippen molar-refractivity contribution in [2.45, 2.75) is 19.9 Å². The topological polar surface area (TPSA) is 75.4 Å². The van der Waals surface area contributed by atoms with Crippen LogP contribution in [-0.2, 0) is 10.2 Å². The molecule has 0 spiro atoms. The lowest BCUT2D eigenvalue weighted by Crippen LogP contribution is -2.44. The van der Waals surface area contributed by atoms with Gasteiger partial charge in [0.05, 0.1) is 11.5 Å². The van der Waals surface area contributed by atoms with Crippen LogP contribution in [0, 0.1) is 0 Å². The first-order valence-electron chi connectivity index (χ1n) is 3.77. The zero-order valence-corrected chi connectivity index (χ0v) is 9.58.